The van der Waals surface area contributed by atoms with E-state index in [0.29, 0.717) is 5.15 Å². The highest BCUT2D eigenvalue weighted by atomic mass is 127. The summed E-state index contributed by atoms with van der Waals surface area (Å²) in [5.41, 5.74) is 1.06. The van der Waals surface area contributed by atoms with Crippen LogP contribution in [0.2, 0.25) is 5.15 Å². The van der Waals surface area contributed by atoms with E-state index in [-0.39, 0.29) is 17.7 Å². The van der Waals surface area contributed by atoms with Gasteiger partial charge < -0.3 is 4.90 Å². The van der Waals surface area contributed by atoms with Gasteiger partial charge in [-0.05, 0) is 57.6 Å². The molecule has 0 amide bonds. The Morgan fingerprint density at radius 1 is 1.43 bits per heavy atom. The predicted molar refractivity (Wildman–Crippen MR) is 107 cm³/mol. The van der Waals surface area contributed by atoms with Gasteiger partial charge in [-0.1, -0.05) is 11.6 Å². The summed E-state index contributed by atoms with van der Waals surface area (Å²) >= 11 is 11.9. The van der Waals surface area contributed by atoms with Gasteiger partial charge in [0.2, 0.25) is 0 Å². The SMILES string of the molecule is C[C@@H]1[C@@H](CS(C)(=O)=O)CN1c1cc(Br)c(I)c2cc(Cl)ncc12. The van der Waals surface area contributed by atoms with Crippen molar-refractivity contribution in [2.24, 2.45) is 5.92 Å². The van der Waals surface area contributed by atoms with Crippen LogP contribution in [0.15, 0.2) is 22.8 Å². The summed E-state index contributed by atoms with van der Waals surface area (Å²) in [6, 6.07) is 4.12. The fourth-order valence-corrected chi connectivity index (χ4v) is 5.38. The van der Waals surface area contributed by atoms with Gasteiger partial charge >= 0.3 is 0 Å². The van der Waals surface area contributed by atoms with E-state index in [1.165, 1.54) is 6.26 Å². The molecule has 1 saturated heterocycles. The van der Waals surface area contributed by atoms with Crippen LogP contribution in [0.25, 0.3) is 10.8 Å². The van der Waals surface area contributed by atoms with Gasteiger partial charge in [0, 0.05) is 55.5 Å². The average Bonchev–Trinajstić information content (AvgIpc) is 2.46. The number of anilines is 1. The van der Waals surface area contributed by atoms with Crippen molar-refractivity contribution in [2.75, 3.05) is 23.5 Å². The number of pyridine rings is 1. The molecule has 2 heterocycles. The molecule has 0 radical (unpaired) electrons. The second-order valence-corrected chi connectivity index (χ2v) is 10.5. The standard InChI is InChI=1S/C15H15BrClIN2O2S/c1-8-9(7-23(2,21)22)6-20(8)13-4-12(16)15(18)10-3-14(17)19-5-11(10)13/h3-5,8-9H,6-7H2,1-2H3/t8-,9-/m1/s1. The third kappa shape index (κ3) is 3.48. The Hall–Kier alpha value is -0.120. The van der Waals surface area contributed by atoms with E-state index in [0.717, 1.165) is 31.0 Å². The number of hydrogen-bond acceptors (Lipinski definition) is 4. The van der Waals surface area contributed by atoms with E-state index >= 15 is 0 Å². The zero-order valence-electron chi connectivity index (χ0n) is 12.6. The van der Waals surface area contributed by atoms with Crippen LogP contribution in [0, 0.1) is 9.49 Å². The van der Waals surface area contributed by atoms with Gasteiger partial charge in [-0.2, -0.15) is 0 Å². The Labute approximate surface area is 162 Å². The number of fused-ring (bicyclic) bond motifs is 1. The van der Waals surface area contributed by atoms with Crippen molar-refractivity contribution in [1.29, 1.82) is 0 Å². The summed E-state index contributed by atoms with van der Waals surface area (Å²) in [7, 11) is -2.95. The Kier molecular flexibility index (Phi) is 4.85. The molecule has 1 aliphatic rings. The Morgan fingerprint density at radius 3 is 2.74 bits per heavy atom. The number of sulfone groups is 1. The first kappa shape index (κ1) is 17.7. The Morgan fingerprint density at radius 2 is 2.13 bits per heavy atom. The van der Waals surface area contributed by atoms with Crippen LogP contribution in [0.4, 0.5) is 5.69 Å². The zero-order chi connectivity index (χ0) is 16.9. The summed E-state index contributed by atoms with van der Waals surface area (Å²) < 4.78 is 25.1. The van der Waals surface area contributed by atoms with Gasteiger partial charge in [-0.3, -0.25) is 0 Å². The van der Waals surface area contributed by atoms with E-state index in [1.54, 1.807) is 6.20 Å². The monoisotopic (exact) mass is 528 g/mol. The fraction of sp³-hybridized carbons (Fsp3) is 0.400. The summed E-state index contributed by atoms with van der Waals surface area (Å²) in [5, 5.41) is 2.55. The maximum Gasteiger partial charge on any atom is 0.147 e. The lowest BCUT2D eigenvalue weighted by molar-refractivity contribution is 0.342. The molecule has 4 nitrogen and oxygen atoms in total. The minimum Gasteiger partial charge on any atom is -0.367 e. The largest absolute Gasteiger partial charge is 0.367 e. The van der Waals surface area contributed by atoms with Crippen molar-refractivity contribution in [3.8, 4) is 0 Å². The number of hydrogen-bond donors (Lipinski definition) is 0. The van der Waals surface area contributed by atoms with Crippen LogP contribution in [-0.4, -0.2) is 38.0 Å². The third-order valence-corrected chi connectivity index (χ3v) is 8.06. The van der Waals surface area contributed by atoms with E-state index in [1.807, 2.05) is 6.07 Å². The van der Waals surface area contributed by atoms with Crippen LogP contribution in [-0.2, 0) is 9.84 Å². The first-order chi connectivity index (χ1) is 10.7. The molecule has 1 fully saturated rings. The van der Waals surface area contributed by atoms with Gasteiger partial charge in [-0.25, -0.2) is 13.4 Å². The molecule has 8 heteroatoms. The first-order valence-electron chi connectivity index (χ1n) is 7.05. The molecule has 3 rings (SSSR count). The fourth-order valence-electron chi connectivity index (χ4n) is 3.03. The van der Waals surface area contributed by atoms with Crippen molar-refractivity contribution in [3.63, 3.8) is 0 Å². The molecule has 0 N–H and O–H groups in total. The molecule has 1 aromatic heterocycles. The molecule has 0 aliphatic carbocycles. The van der Waals surface area contributed by atoms with Crippen molar-refractivity contribution in [3.05, 3.63) is 31.5 Å². The molecule has 1 aromatic carbocycles. The van der Waals surface area contributed by atoms with Gasteiger partial charge in [0.05, 0.1) is 5.75 Å². The Balaban J connectivity index is 2.00. The quantitative estimate of drug-likeness (QED) is 0.444. The molecule has 0 spiro atoms. The van der Waals surface area contributed by atoms with Crippen molar-refractivity contribution in [2.45, 2.75) is 13.0 Å². The highest BCUT2D eigenvalue weighted by Crippen LogP contribution is 2.41. The normalized spacial score (nSPS) is 21.5. The second kappa shape index (κ2) is 6.31. The molecule has 0 unspecified atom stereocenters. The maximum absolute atomic E-state index is 11.5. The lowest BCUT2D eigenvalue weighted by Gasteiger charge is -2.48. The second-order valence-electron chi connectivity index (χ2n) is 5.99. The molecule has 23 heavy (non-hydrogen) atoms. The topological polar surface area (TPSA) is 50.3 Å². The van der Waals surface area contributed by atoms with Crippen molar-refractivity contribution in [1.82, 2.24) is 4.98 Å². The zero-order valence-corrected chi connectivity index (χ0v) is 17.9. The Bertz CT molecular complexity index is 891. The van der Waals surface area contributed by atoms with E-state index < -0.39 is 9.84 Å². The molecule has 0 saturated carbocycles. The summed E-state index contributed by atoms with van der Waals surface area (Å²) in [4.78, 5) is 6.44. The molecular weight excluding hydrogens is 515 g/mol. The summed E-state index contributed by atoms with van der Waals surface area (Å²) in [6.45, 7) is 2.80. The number of nitrogens with zero attached hydrogens (tertiary/aromatic N) is 2. The predicted octanol–water partition coefficient (Wildman–Crippen LogP) is 4.12. The molecule has 0 bridgehead atoms. The van der Waals surface area contributed by atoms with Crippen LogP contribution >= 0.6 is 50.1 Å². The van der Waals surface area contributed by atoms with Crippen molar-refractivity contribution < 1.29 is 8.42 Å². The van der Waals surface area contributed by atoms with Crippen LogP contribution in [0.3, 0.4) is 0 Å². The number of aromatic nitrogens is 1. The minimum absolute atomic E-state index is 0.165. The summed E-state index contributed by atoms with van der Waals surface area (Å²) in [5.74, 6) is 0.399. The number of benzene rings is 1. The van der Waals surface area contributed by atoms with Gasteiger partial charge in [0.15, 0.2) is 0 Å². The lowest BCUT2D eigenvalue weighted by Crippen LogP contribution is -2.57. The van der Waals surface area contributed by atoms with E-state index in [9.17, 15) is 8.42 Å². The van der Waals surface area contributed by atoms with Crippen LogP contribution in [0.5, 0.6) is 0 Å². The van der Waals surface area contributed by atoms with Crippen LogP contribution in [0.1, 0.15) is 6.92 Å². The number of rotatable bonds is 3. The molecule has 124 valence electrons. The smallest absolute Gasteiger partial charge is 0.147 e. The average molecular weight is 530 g/mol. The van der Waals surface area contributed by atoms with Gasteiger partial charge in [-0.15, -0.1) is 0 Å². The minimum atomic E-state index is -2.95. The molecule has 2 aromatic rings. The first-order valence-corrected chi connectivity index (χ1v) is 11.4. The third-order valence-electron chi connectivity index (χ3n) is 4.29. The molecule has 1 aliphatic heterocycles. The van der Waals surface area contributed by atoms with E-state index in [2.05, 4.69) is 61.4 Å². The maximum atomic E-state index is 11.5. The summed E-state index contributed by atoms with van der Waals surface area (Å²) in [6.07, 6.45) is 3.09. The van der Waals surface area contributed by atoms with Gasteiger partial charge in [0.1, 0.15) is 15.0 Å². The van der Waals surface area contributed by atoms with E-state index in [4.69, 9.17) is 11.6 Å². The van der Waals surface area contributed by atoms with Gasteiger partial charge in [0.25, 0.3) is 0 Å². The highest BCUT2D eigenvalue weighted by Gasteiger charge is 2.38. The number of halogens is 3. The lowest BCUT2D eigenvalue weighted by atomic mass is 9.90. The van der Waals surface area contributed by atoms with Crippen LogP contribution < -0.4 is 4.90 Å². The highest BCUT2D eigenvalue weighted by molar-refractivity contribution is 14.1. The molecular formula is C15H15BrClIN2O2S. The molecule has 2 atom stereocenters. The van der Waals surface area contributed by atoms with Crippen molar-refractivity contribution >= 4 is 76.4 Å².